The lowest BCUT2D eigenvalue weighted by Crippen LogP contribution is -2.45. The third-order valence-electron chi connectivity index (χ3n) is 7.58. The van der Waals surface area contributed by atoms with Gasteiger partial charge in [-0.15, -0.1) is 0 Å². The molecule has 0 radical (unpaired) electrons. The Bertz CT molecular complexity index is 948. The molecular formula is C26H38N4O8. The summed E-state index contributed by atoms with van der Waals surface area (Å²) in [5.74, 6) is -2.53. The van der Waals surface area contributed by atoms with Crippen molar-refractivity contribution < 1.29 is 38.2 Å². The van der Waals surface area contributed by atoms with Gasteiger partial charge in [0.25, 0.3) is 11.8 Å². The minimum Gasteiger partial charge on any atom is -0.454 e. The van der Waals surface area contributed by atoms with Crippen LogP contribution in [0.3, 0.4) is 0 Å². The number of carbonyl (C=O) groups is 6. The van der Waals surface area contributed by atoms with Gasteiger partial charge in [-0.2, -0.15) is 0 Å². The SMILES string of the molecule is NC(=O)C(OC(=O)[C@H]1CCCN1C(=O)CCCCC(=O)N1CCC[C@@H]1C(=O)OCC(=O)NC1CC1)C1CC1. The molecule has 4 fully saturated rings. The number of esters is 2. The van der Waals surface area contributed by atoms with Gasteiger partial charge in [-0.3, -0.25) is 19.2 Å². The van der Waals surface area contributed by atoms with Crippen molar-refractivity contribution in [3.8, 4) is 0 Å². The van der Waals surface area contributed by atoms with Crippen LogP contribution < -0.4 is 11.1 Å². The van der Waals surface area contributed by atoms with Crippen LogP contribution in [0.4, 0.5) is 0 Å². The summed E-state index contributed by atoms with van der Waals surface area (Å²) in [5, 5.41) is 2.75. The summed E-state index contributed by atoms with van der Waals surface area (Å²) in [6.45, 7) is 0.555. The number of likely N-dealkylation sites (tertiary alicyclic amines) is 2. The van der Waals surface area contributed by atoms with Crippen LogP contribution in [0, 0.1) is 5.92 Å². The molecule has 38 heavy (non-hydrogen) atoms. The Labute approximate surface area is 221 Å². The first-order chi connectivity index (χ1) is 18.2. The summed E-state index contributed by atoms with van der Waals surface area (Å²) in [4.78, 5) is 77.1. The van der Waals surface area contributed by atoms with E-state index < -0.39 is 36.0 Å². The maximum atomic E-state index is 12.8. The van der Waals surface area contributed by atoms with E-state index in [0.29, 0.717) is 51.6 Å². The third kappa shape index (κ3) is 7.44. The number of nitrogens with two attached hydrogens (primary N) is 1. The Morgan fingerprint density at radius 1 is 0.789 bits per heavy atom. The summed E-state index contributed by atoms with van der Waals surface area (Å²) in [6.07, 6.45) is 6.16. The molecule has 2 saturated heterocycles. The number of ether oxygens (including phenoxy) is 2. The zero-order chi connectivity index (χ0) is 27.2. The lowest BCUT2D eigenvalue weighted by atomic mass is 10.1. The number of unbranched alkanes of at least 4 members (excludes halogenated alkanes) is 1. The van der Waals surface area contributed by atoms with Crippen molar-refractivity contribution in [2.24, 2.45) is 11.7 Å². The van der Waals surface area contributed by atoms with E-state index in [4.69, 9.17) is 15.2 Å². The molecule has 0 aromatic rings. The van der Waals surface area contributed by atoms with Crippen molar-refractivity contribution in [3.63, 3.8) is 0 Å². The number of nitrogens with one attached hydrogen (secondary N) is 1. The number of primary amides is 1. The van der Waals surface area contributed by atoms with Gasteiger partial charge in [0.15, 0.2) is 12.7 Å². The van der Waals surface area contributed by atoms with Crippen LogP contribution in [0.25, 0.3) is 0 Å². The zero-order valence-electron chi connectivity index (χ0n) is 21.7. The van der Waals surface area contributed by atoms with Gasteiger partial charge in [0, 0.05) is 37.9 Å². The normalized spacial score (nSPS) is 23.6. The highest BCUT2D eigenvalue weighted by atomic mass is 16.6. The highest BCUT2D eigenvalue weighted by Crippen LogP contribution is 2.35. The molecule has 2 heterocycles. The molecule has 2 aliphatic heterocycles. The first-order valence-corrected chi connectivity index (χ1v) is 13.8. The van der Waals surface area contributed by atoms with Crippen molar-refractivity contribution in [2.75, 3.05) is 19.7 Å². The molecule has 3 atom stereocenters. The smallest absolute Gasteiger partial charge is 0.329 e. The third-order valence-corrected chi connectivity index (χ3v) is 7.58. The van der Waals surface area contributed by atoms with E-state index in [1.165, 1.54) is 9.80 Å². The van der Waals surface area contributed by atoms with Crippen LogP contribution in [0.15, 0.2) is 0 Å². The molecule has 4 rings (SSSR count). The molecule has 0 aromatic carbocycles. The fourth-order valence-electron chi connectivity index (χ4n) is 5.18. The average molecular weight is 535 g/mol. The van der Waals surface area contributed by atoms with Gasteiger partial charge in [0.2, 0.25) is 11.8 Å². The Balaban J connectivity index is 1.16. The van der Waals surface area contributed by atoms with Crippen molar-refractivity contribution >= 4 is 35.6 Å². The molecule has 12 nitrogen and oxygen atoms in total. The fraction of sp³-hybridized carbons (Fsp3) is 0.769. The van der Waals surface area contributed by atoms with E-state index in [2.05, 4.69) is 5.32 Å². The van der Waals surface area contributed by atoms with Crippen molar-refractivity contribution in [2.45, 2.75) is 101 Å². The summed E-state index contributed by atoms with van der Waals surface area (Å²) in [6, 6.07) is -1.22. The van der Waals surface area contributed by atoms with Crippen LogP contribution in [-0.2, 0) is 38.2 Å². The molecule has 0 bridgehead atoms. The Morgan fingerprint density at radius 3 is 1.84 bits per heavy atom. The van der Waals surface area contributed by atoms with Gasteiger partial charge in [-0.25, -0.2) is 9.59 Å². The number of carbonyl (C=O) groups excluding carboxylic acids is 6. The van der Waals surface area contributed by atoms with Crippen molar-refractivity contribution in [1.29, 1.82) is 0 Å². The topological polar surface area (TPSA) is 165 Å². The Morgan fingerprint density at radius 2 is 1.34 bits per heavy atom. The molecule has 2 saturated carbocycles. The van der Waals surface area contributed by atoms with Gasteiger partial charge in [0.05, 0.1) is 0 Å². The van der Waals surface area contributed by atoms with Crippen molar-refractivity contribution in [3.05, 3.63) is 0 Å². The van der Waals surface area contributed by atoms with Gasteiger partial charge >= 0.3 is 11.9 Å². The van der Waals surface area contributed by atoms with Gasteiger partial charge in [0.1, 0.15) is 12.1 Å². The lowest BCUT2D eigenvalue weighted by Gasteiger charge is -2.25. The second-order valence-corrected chi connectivity index (χ2v) is 10.7. The Kier molecular flexibility index (Phi) is 9.22. The largest absolute Gasteiger partial charge is 0.454 e. The van der Waals surface area contributed by atoms with Crippen LogP contribution in [-0.4, -0.2) is 89.3 Å². The number of amides is 4. The molecule has 4 amide bonds. The molecule has 12 heteroatoms. The summed E-state index contributed by atoms with van der Waals surface area (Å²) < 4.78 is 10.5. The van der Waals surface area contributed by atoms with E-state index in [1.54, 1.807) is 0 Å². The minimum absolute atomic E-state index is 0.0246. The molecule has 2 aliphatic carbocycles. The predicted molar refractivity (Wildman–Crippen MR) is 132 cm³/mol. The van der Waals surface area contributed by atoms with E-state index in [9.17, 15) is 28.8 Å². The fourth-order valence-corrected chi connectivity index (χ4v) is 5.18. The quantitative estimate of drug-likeness (QED) is 0.249. The van der Waals surface area contributed by atoms with E-state index in [1.807, 2.05) is 0 Å². The van der Waals surface area contributed by atoms with E-state index in [-0.39, 0.29) is 49.1 Å². The van der Waals surface area contributed by atoms with E-state index in [0.717, 1.165) is 25.7 Å². The van der Waals surface area contributed by atoms with Crippen LogP contribution in [0.2, 0.25) is 0 Å². The van der Waals surface area contributed by atoms with Gasteiger partial charge in [-0.05, 0) is 64.2 Å². The van der Waals surface area contributed by atoms with Gasteiger partial charge in [-0.1, -0.05) is 0 Å². The molecule has 4 aliphatic rings. The Hall–Kier alpha value is -3.18. The number of rotatable bonds is 13. The van der Waals surface area contributed by atoms with Crippen LogP contribution in [0.1, 0.15) is 77.0 Å². The molecule has 210 valence electrons. The second-order valence-electron chi connectivity index (χ2n) is 10.7. The predicted octanol–water partition coefficient (Wildman–Crippen LogP) is 0.158. The summed E-state index contributed by atoms with van der Waals surface area (Å²) in [5.41, 5.74) is 5.37. The van der Waals surface area contributed by atoms with Gasteiger partial charge < -0.3 is 30.3 Å². The minimum atomic E-state index is -0.933. The average Bonchev–Trinajstić information content (AvgIpc) is 3.79. The first kappa shape index (κ1) is 27.8. The highest BCUT2D eigenvalue weighted by Gasteiger charge is 2.42. The van der Waals surface area contributed by atoms with Crippen LogP contribution in [0.5, 0.6) is 0 Å². The molecule has 3 N–H and O–H groups in total. The van der Waals surface area contributed by atoms with Crippen molar-refractivity contribution in [1.82, 2.24) is 15.1 Å². The maximum Gasteiger partial charge on any atom is 0.329 e. The van der Waals surface area contributed by atoms with E-state index >= 15 is 0 Å². The standard InChI is InChI=1S/C26H38N4O8/c27-24(34)23(16-9-10-16)38-26(36)19-6-4-14-30(19)22(33)8-2-1-7-21(32)29-13-3-5-18(29)25(35)37-15-20(31)28-17-11-12-17/h16-19,23H,1-15H2,(H2,27,34)(H,28,31)/t18-,19-,23?/m1/s1. The molecule has 0 aromatic heterocycles. The highest BCUT2D eigenvalue weighted by molar-refractivity contribution is 5.89. The molecule has 1 unspecified atom stereocenters. The zero-order valence-corrected chi connectivity index (χ0v) is 21.7. The monoisotopic (exact) mass is 534 g/mol. The van der Waals surface area contributed by atoms with Crippen LogP contribution >= 0.6 is 0 Å². The first-order valence-electron chi connectivity index (χ1n) is 13.8. The molecule has 0 spiro atoms. The number of hydrogen-bond donors (Lipinski definition) is 2. The number of hydrogen-bond acceptors (Lipinski definition) is 8. The second kappa shape index (κ2) is 12.6. The maximum absolute atomic E-state index is 12.8. The summed E-state index contributed by atoms with van der Waals surface area (Å²) >= 11 is 0. The molecular weight excluding hydrogens is 496 g/mol. The summed E-state index contributed by atoms with van der Waals surface area (Å²) in [7, 11) is 0. The lowest BCUT2D eigenvalue weighted by molar-refractivity contribution is -0.162. The number of nitrogens with zero attached hydrogens (tertiary/aromatic N) is 2.